The van der Waals surface area contributed by atoms with Crippen molar-refractivity contribution in [2.45, 2.75) is 37.0 Å². The van der Waals surface area contributed by atoms with Gasteiger partial charge in [-0.25, -0.2) is 4.39 Å². The molecule has 0 bridgehead atoms. The van der Waals surface area contributed by atoms with Gasteiger partial charge in [0.2, 0.25) is 0 Å². The molecule has 0 radical (unpaired) electrons. The minimum atomic E-state index is -4.74. The second-order valence-electron chi connectivity index (χ2n) is 7.34. The molecule has 156 valence electrons. The summed E-state index contributed by atoms with van der Waals surface area (Å²) in [7, 11) is 0. The van der Waals surface area contributed by atoms with Crippen molar-refractivity contribution in [3.63, 3.8) is 0 Å². The Labute approximate surface area is 165 Å². The van der Waals surface area contributed by atoms with Crippen molar-refractivity contribution in [2.75, 3.05) is 19.8 Å². The first-order chi connectivity index (χ1) is 13.8. The molecule has 2 fully saturated rings. The maximum atomic E-state index is 13.1. The summed E-state index contributed by atoms with van der Waals surface area (Å²) in [4.78, 5) is 0. The van der Waals surface area contributed by atoms with Gasteiger partial charge in [-0.3, -0.25) is 0 Å². The molecule has 4 nitrogen and oxygen atoms in total. The molecule has 0 aromatic heterocycles. The Morgan fingerprint density at radius 1 is 1.00 bits per heavy atom. The summed E-state index contributed by atoms with van der Waals surface area (Å²) in [5.74, 6) is -1.49. The van der Waals surface area contributed by atoms with E-state index in [1.54, 1.807) is 24.3 Å². The molecule has 4 rings (SSSR count). The highest BCUT2D eigenvalue weighted by Crippen LogP contribution is 2.40. The Balaban J connectivity index is 1.37. The molecule has 0 aliphatic carbocycles. The second-order valence-corrected chi connectivity index (χ2v) is 7.34. The zero-order chi connectivity index (χ0) is 20.5. The van der Waals surface area contributed by atoms with Crippen molar-refractivity contribution in [1.82, 2.24) is 5.32 Å². The van der Waals surface area contributed by atoms with Gasteiger partial charge in [-0.15, -0.1) is 13.2 Å². The first-order valence-electron chi connectivity index (χ1n) is 9.45. The summed E-state index contributed by atoms with van der Waals surface area (Å²) in [6.45, 7) is 1.05. The lowest BCUT2D eigenvalue weighted by Crippen LogP contribution is -2.54. The predicted molar refractivity (Wildman–Crippen MR) is 96.9 cm³/mol. The minimum absolute atomic E-state index is 0.0662. The SMILES string of the molecule is Fc1ccc([C@H]2COC3(CC[C@@H](c4ccccc4OC(F)(F)F)CO3)CN2)cc1. The van der Waals surface area contributed by atoms with E-state index in [0.717, 1.165) is 5.56 Å². The summed E-state index contributed by atoms with van der Waals surface area (Å²) >= 11 is 0. The van der Waals surface area contributed by atoms with Crippen molar-refractivity contribution in [2.24, 2.45) is 0 Å². The molecule has 3 atom stereocenters. The Morgan fingerprint density at radius 3 is 2.34 bits per heavy atom. The van der Waals surface area contributed by atoms with Gasteiger partial charge >= 0.3 is 6.36 Å². The van der Waals surface area contributed by atoms with Crippen LogP contribution in [0.1, 0.15) is 35.9 Å². The third-order valence-corrected chi connectivity index (χ3v) is 5.41. The number of benzene rings is 2. The standard InChI is InChI=1S/C21H21F4NO3/c22-16-7-5-14(6-8-16)18-12-28-20(13-26-18)10-9-15(11-27-20)17-3-1-2-4-19(17)29-21(23,24)25/h1-8,15,18,26H,9-13H2/t15-,18-,20?/m1/s1. The van der Waals surface area contributed by atoms with Crippen LogP contribution in [0.3, 0.4) is 0 Å². The molecule has 2 aromatic carbocycles. The highest BCUT2D eigenvalue weighted by Gasteiger charge is 2.42. The van der Waals surface area contributed by atoms with E-state index >= 15 is 0 Å². The molecular weight excluding hydrogens is 390 g/mol. The van der Waals surface area contributed by atoms with Crippen LogP contribution in [0.25, 0.3) is 0 Å². The number of halogens is 4. The third kappa shape index (κ3) is 4.71. The fourth-order valence-electron chi connectivity index (χ4n) is 3.87. The van der Waals surface area contributed by atoms with Gasteiger partial charge in [0.05, 0.1) is 25.8 Å². The molecule has 1 N–H and O–H groups in total. The largest absolute Gasteiger partial charge is 0.573 e. The number of alkyl halides is 3. The molecule has 1 unspecified atom stereocenters. The predicted octanol–water partition coefficient (Wildman–Crippen LogP) is 4.68. The molecule has 0 amide bonds. The lowest BCUT2D eigenvalue weighted by Gasteiger charge is -2.45. The lowest BCUT2D eigenvalue weighted by atomic mass is 9.88. The van der Waals surface area contributed by atoms with E-state index < -0.39 is 12.1 Å². The van der Waals surface area contributed by atoms with E-state index in [2.05, 4.69) is 10.1 Å². The first-order valence-corrected chi connectivity index (χ1v) is 9.45. The quantitative estimate of drug-likeness (QED) is 0.745. The number of para-hydroxylation sites is 1. The van der Waals surface area contributed by atoms with Gasteiger partial charge < -0.3 is 19.5 Å². The topological polar surface area (TPSA) is 39.7 Å². The van der Waals surface area contributed by atoms with E-state index in [4.69, 9.17) is 9.47 Å². The lowest BCUT2D eigenvalue weighted by molar-refractivity contribution is -0.278. The number of hydrogen-bond acceptors (Lipinski definition) is 4. The summed E-state index contributed by atoms with van der Waals surface area (Å²) in [5.41, 5.74) is 1.40. The van der Waals surface area contributed by atoms with Gasteiger partial charge in [0.1, 0.15) is 11.6 Å². The van der Waals surface area contributed by atoms with E-state index in [1.165, 1.54) is 24.3 Å². The van der Waals surface area contributed by atoms with Crippen LogP contribution in [-0.4, -0.2) is 31.9 Å². The van der Waals surface area contributed by atoms with Crippen LogP contribution in [0.4, 0.5) is 17.6 Å². The van der Waals surface area contributed by atoms with Crippen molar-refractivity contribution in [1.29, 1.82) is 0 Å². The van der Waals surface area contributed by atoms with Crippen molar-refractivity contribution in [3.05, 3.63) is 65.5 Å². The van der Waals surface area contributed by atoms with Crippen molar-refractivity contribution >= 4 is 0 Å². The fourth-order valence-corrected chi connectivity index (χ4v) is 3.87. The Bertz CT molecular complexity index is 823. The smallest absolute Gasteiger partial charge is 0.405 e. The maximum absolute atomic E-state index is 13.1. The fraction of sp³-hybridized carbons (Fsp3) is 0.429. The van der Waals surface area contributed by atoms with Gasteiger partial charge in [-0.05, 0) is 35.7 Å². The van der Waals surface area contributed by atoms with Crippen LogP contribution in [-0.2, 0) is 9.47 Å². The van der Waals surface area contributed by atoms with Crippen LogP contribution in [0.15, 0.2) is 48.5 Å². The number of ether oxygens (including phenoxy) is 3. The highest BCUT2D eigenvalue weighted by molar-refractivity contribution is 5.37. The van der Waals surface area contributed by atoms with Gasteiger partial charge in [0, 0.05) is 12.3 Å². The molecule has 1 spiro atoms. The van der Waals surface area contributed by atoms with E-state index in [9.17, 15) is 17.6 Å². The Hall–Kier alpha value is -2.16. The number of rotatable bonds is 3. The highest BCUT2D eigenvalue weighted by atomic mass is 19.4. The van der Waals surface area contributed by atoms with Crippen molar-refractivity contribution in [3.8, 4) is 5.75 Å². The van der Waals surface area contributed by atoms with Crippen LogP contribution >= 0.6 is 0 Å². The zero-order valence-corrected chi connectivity index (χ0v) is 15.5. The average molecular weight is 411 g/mol. The summed E-state index contributed by atoms with van der Waals surface area (Å²) in [6, 6.07) is 12.3. The first kappa shape index (κ1) is 20.1. The summed E-state index contributed by atoms with van der Waals surface area (Å²) in [6.07, 6.45) is -3.58. The molecule has 2 aliphatic heterocycles. The van der Waals surface area contributed by atoms with Crippen LogP contribution < -0.4 is 10.1 Å². The molecule has 0 saturated carbocycles. The van der Waals surface area contributed by atoms with Gasteiger partial charge in [0.15, 0.2) is 5.79 Å². The molecule has 29 heavy (non-hydrogen) atoms. The maximum Gasteiger partial charge on any atom is 0.573 e. The Kier molecular flexibility index (Phi) is 5.50. The Morgan fingerprint density at radius 2 is 1.72 bits per heavy atom. The molecule has 8 heteroatoms. The van der Waals surface area contributed by atoms with Gasteiger partial charge in [-0.2, -0.15) is 0 Å². The molecule has 2 aromatic rings. The van der Waals surface area contributed by atoms with E-state index in [0.29, 0.717) is 31.6 Å². The van der Waals surface area contributed by atoms with E-state index in [-0.39, 0.29) is 30.1 Å². The van der Waals surface area contributed by atoms with Crippen LogP contribution in [0.5, 0.6) is 5.75 Å². The number of hydrogen-bond donors (Lipinski definition) is 1. The molecule has 2 heterocycles. The van der Waals surface area contributed by atoms with Crippen LogP contribution in [0, 0.1) is 5.82 Å². The summed E-state index contributed by atoms with van der Waals surface area (Å²) < 4.78 is 67.3. The van der Waals surface area contributed by atoms with Gasteiger partial charge in [0.25, 0.3) is 0 Å². The molecular formula is C21H21F4NO3. The normalized spacial score (nSPS) is 27.7. The number of nitrogens with one attached hydrogen (secondary N) is 1. The van der Waals surface area contributed by atoms with Crippen molar-refractivity contribution < 1.29 is 31.8 Å². The van der Waals surface area contributed by atoms with E-state index in [1.807, 2.05) is 0 Å². The molecule has 2 aliphatic rings. The second kappa shape index (κ2) is 7.93. The van der Waals surface area contributed by atoms with Gasteiger partial charge in [-0.1, -0.05) is 30.3 Å². The number of morpholine rings is 1. The average Bonchev–Trinajstić information content (AvgIpc) is 2.70. The third-order valence-electron chi connectivity index (χ3n) is 5.41. The van der Waals surface area contributed by atoms with Crippen LogP contribution in [0.2, 0.25) is 0 Å². The minimum Gasteiger partial charge on any atom is -0.405 e. The summed E-state index contributed by atoms with van der Waals surface area (Å²) in [5, 5.41) is 3.37. The monoisotopic (exact) mass is 411 g/mol. The zero-order valence-electron chi connectivity index (χ0n) is 15.5. The molecule has 2 saturated heterocycles.